The zero-order valence-corrected chi connectivity index (χ0v) is 15.5. The molecule has 26 heavy (non-hydrogen) atoms. The summed E-state index contributed by atoms with van der Waals surface area (Å²) in [6.07, 6.45) is 3.07. The Balaban J connectivity index is 1.57. The Kier molecular flexibility index (Phi) is 4.46. The highest BCUT2D eigenvalue weighted by Crippen LogP contribution is 2.46. The summed E-state index contributed by atoms with van der Waals surface area (Å²) in [5.74, 6) is 0.618. The highest BCUT2D eigenvalue weighted by atomic mass is 32.2. The third-order valence-corrected chi connectivity index (χ3v) is 6.75. The Morgan fingerprint density at radius 2 is 1.85 bits per heavy atom. The van der Waals surface area contributed by atoms with Crippen LogP contribution in [0.25, 0.3) is 0 Å². The Hall–Kier alpha value is -1.96. The molecule has 1 aromatic heterocycles. The van der Waals surface area contributed by atoms with Gasteiger partial charge < -0.3 is 4.98 Å². The van der Waals surface area contributed by atoms with E-state index in [9.17, 15) is 13.2 Å². The standard InChI is InChI=1S/C19H23N3O3S/c1-26(24,25)22-12-16-11-21(10-14-7-8-18(23)20-9-14)13-17(16)19(22)15-5-3-2-4-6-15/h2-9,16-17,19H,10-13H2,1H3,(H,20,23)/t16-,17-,19+/m1/s1. The van der Waals surface area contributed by atoms with Crippen LogP contribution in [0.2, 0.25) is 0 Å². The van der Waals surface area contributed by atoms with Crippen LogP contribution in [-0.4, -0.2) is 48.5 Å². The van der Waals surface area contributed by atoms with Crippen molar-refractivity contribution in [3.63, 3.8) is 0 Å². The Labute approximate surface area is 153 Å². The summed E-state index contributed by atoms with van der Waals surface area (Å²) < 4.78 is 26.3. The van der Waals surface area contributed by atoms with Gasteiger partial charge >= 0.3 is 0 Å². The van der Waals surface area contributed by atoms with E-state index in [1.807, 2.05) is 36.4 Å². The van der Waals surface area contributed by atoms with E-state index in [2.05, 4.69) is 9.88 Å². The number of benzene rings is 1. The molecule has 2 aliphatic heterocycles. The number of sulfonamides is 1. The fraction of sp³-hybridized carbons (Fsp3) is 0.421. The fourth-order valence-electron chi connectivity index (χ4n) is 4.43. The van der Waals surface area contributed by atoms with E-state index in [4.69, 9.17) is 0 Å². The van der Waals surface area contributed by atoms with Gasteiger partial charge in [0.1, 0.15) is 0 Å². The van der Waals surface area contributed by atoms with Crippen LogP contribution in [0.1, 0.15) is 17.2 Å². The predicted molar refractivity (Wildman–Crippen MR) is 100 cm³/mol. The average molecular weight is 373 g/mol. The lowest BCUT2D eigenvalue weighted by molar-refractivity contribution is 0.260. The number of likely N-dealkylation sites (tertiary alicyclic amines) is 1. The van der Waals surface area contributed by atoms with Crippen molar-refractivity contribution in [2.24, 2.45) is 11.8 Å². The number of aromatic nitrogens is 1. The van der Waals surface area contributed by atoms with Crippen LogP contribution >= 0.6 is 0 Å². The van der Waals surface area contributed by atoms with Gasteiger partial charge in [-0.25, -0.2) is 8.42 Å². The molecule has 3 heterocycles. The lowest BCUT2D eigenvalue weighted by Gasteiger charge is -2.28. The number of rotatable bonds is 4. The molecule has 0 unspecified atom stereocenters. The molecule has 2 saturated heterocycles. The van der Waals surface area contributed by atoms with Crippen molar-refractivity contribution in [2.45, 2.75) is 12.6 Å². The maximum atomic E-state index is 12.3. The second-order valence-corrected chi connectivity index (χ2v) is 9.30. The number of H-pyrrole nitrogens is 1. The summed E-state index contributed by atoms with van der Waals surface area (Å²) in [6.45, 7) is 3.07. The molecule has 4 rings (SSSR count). The van der Waals surface area contributed by atoms with E-state index in [1.54, 1.807) is 16.6 Å². The van der Waals surface area contributed by atoms with Gasteiger partial charge in [-0.2, -0.15) is 4.31 Å². The molecular weight excluding hydrogens is 350 g/mol. The van der Waals surface area contributed by atoms with Gasteiger partial charge in [-0.3, -0.25) is 9.69 Å². The van der Waals surface area contributed by atoms with Crippen molar-refractivity contribution in [2.75, 3.05) is 25.9 Å². The minimum atomic E-state index is -3.25. The number of nitrogens with one attached hydrogen (secondary N) is 1. The first-order chi connectivity index (χ1) is 12.4. The topological polar surface area (TPSA) is 73.5 Å². The number of pyridine rings is 1. The monoisotopic (exact) mass is 373 g/mol. The highest BCUT2D eigenvalue weighted by molar-refractivity contribution is 7.88. The molecule has 2 aromatic rings. The molecule has 2 fully saturated rings. The second kappa shape index (κ2) is 6.64. The Bertz CT molecular complexity index is 922. The lowest BCUT2D eigenvalue weighted by Crippen LogP contribution is -2.35. The minimum absolute atomic E-state index is 0.0972. The molecule has 0 amide bonds. The SMILES string of the molecule is CS(=O)(=O)N1C[C@H]2CN(Cc3ccc(=O)[nH]c3)C[C@H]2[C@@H]1c1ccccc1. The maximum Gasteiger partial charge on any atom is 0.247 e. The zero-order valence-electron chi connectivity index (χ0n) is 14.7. The predicted octanol–water partition coefficient (Wildman–Crippen LogP) is 1.44. The van der Waals surface area contributed by atoms with E-state index in [0.29, 0.717) is 12.5 Å². The van der Waals surface area contributed by atoms with Crippen molar-refractivity contribution in [3.8, 4) is 0 Å². The molecular formula is C19H23N3O3S. The van der Waals surface area contributed by atoms with Crippen molar-refractivity contribution >= 4 is 10.0 Å². The molecule has 0 aliphatic carbocycles. The van der Waals surface area contributed by atoms with Crippen molar-refractivity contribution < 1.29 is 8.42 Å². The van der Waals surface area contributed by atoms with Gasteiger partial charge in [0, 0.05) is 38.4 Å². The Morgan fingerprint density at radius 1 is 1.08 bits per heavy atom. The molecule has 0 bridgehead atoms. The molecule has 0 spiro atoms. The van der Waals surface area contributed by atoms with Crippen LogP contribution in [0.3, 0.4) is 0 Å². The van der Waals surface area contributed by atoms with Crippen molar-refractivity contribution in [3.05, 3.63) is 70.1 Å². The van der Waals surface area contributed by atoms with Crippen LogP contribution in [0, 0.1) is 11.8 Å². The summed E-state index contributed by atoms with van der Waals surface area (Å²) in [5.41, 5.74) is 2.04. The second-order valence-electron chi connectivity index (χ2n) is 7.37. The Morgan fingerprint density at radius 3 is 2.50 bits per heavy atom. The minimum Gasteiger partial charge on any atom is -0.329 e. The number of nitrogens with zero attached hydrogens (tertiary/aromatic N) is 2. The van der Waals surface area contributed by atoms with E-state index in [-0.39, 0.29) is 17.5 Å². The first-order valence-electron chi connectivity index (χ1n) is 8.83. The van der Waals surface area contributed by atoms with Crippen LogP contribution in [0.5, 0.6) is 0 Å². The normalized spacial score (nSPS) is 26.9. The summed E-state index contributed by atoms with van der Waals surface area (Å²) in [4.78, 5) is 16.3. The molecule has 0 saturated carbocycles. The molecule has 0 radical (unpaired) electrons. The largest absolute Gasteiger partial charge is 0.329 e. The molecule has 1 N–H and O–H groups in total. The number of fused-ring (bicyclic) bond motifs is 1. The summed E-state index contributed by atoms with van der Waals surface area (Å²) in [5, 5.41) is 0. The molecule has 1 aromatic carbocycles. The van der Waals surface area contributed by atoms with Crippen molar-refractivity contribution in [1.29, 1.82) is 0 Å². The fourth-order valence-corrected chi connectivity index (χ4v) is 5.58. The molecule has 6 nitrogen and oxygen atoms in total. The summed E-state index contributed by atoms with van der Waals surface area (Å²) in [6, 6.07) is 13.2. The number of hydrogen-bond donors (Lipinski definition) is 1. The van der Waals surface area contributed by atoms with Gasteiger partial charge in [0.15, 0.2) is 0 Å². The van der Waals surface area contributed by atoms with E-state index in [1.165, 1.54) is 6.26 Å². The number of aromatic amines is 1. The first kappa shape index (κ1) is 17.5. The van der Waals surface area contributed by atoms with Gasteiger partial charge in [-0.05, 0) is 23.0 Å². The van der Waals surface area contributed by atoms with Gasteiger partial charge in [0.05, 0.1) is 12.3 Å². The molecule has 3 atom stereocenters. The van der Waals surface area contributed by atoms with Gasteiger partial charge in [-0.1, -0.05) is 36.4 Å². The smallest absolute Gasteiger partial charge is 0.247 e. The first-order valence-corrected chi connectivity index (χ1v) is 10.7. The van der Waals surface area contributed by atoms with E-state index < -0.39 is 10.0 Å². The quantitative estimate of drug-likeness (QED) is 0.880. The zero-order chi connectivity index (χ0) is 18.3. The van der Waals surface area contributed by atoms with Gasteiger partial charge in [-0.15, -0.1) is 0 Å². The van der Waals surface area contributed by atoms with Gasteiger partial charge in [0.2, 0.25) is 15.6 Å². The summed E-state index contributed by atoms with van der Waals surface area (Å²) in [7, 11) is -3.25. The maximum absolute atomic E-state index is 12.3. The molecule has 138 valence electrons. The van der Waals surface area contributed by atoms with Crippen LogP contribution in [0.15, 0.2) is 53.5 Å². The van der Waals surface area contributed by atoms with Crippen LogP contribution < -0.4 is 5.56 Å². The van der Waals surface area contributed by atoms with Crippen LogP contribution in [0.4, 0.5) is 0 Å². The molecule has 2 aliphatic rings. The van der Waals surface area contributed by atoms with E-state index in [0.717, 1.165) is 30.8 Å². The third kappa shape index (κ3) is 3.34. The average Bonchev–Trinajstić information content (AvgIpc) is 3.14. The summed E-state index contributed by atoms with van der Waals surface area (Å²) >= 11 is 0. The molecule has 7 heteroatoms. The van der Waals surface area contributed by atoms with Crippen molar-refractivity contribution in [1.82, 2.24) is 14.2 Å². The third-order valence-electron chi connectivity index (χ3n) is 5.52. The number of hydrogen-bond acceptors (Lipinski definition) is 4. The lowest BCUT2D eigenvalue weighted by atomic mass is 9.90. The van der Waals surface area contributed by atoms with E-state index >= 15 is 0 Å². The van der Waals surface area contributed by atoms with Crippen LogP contribution in [-0.2, 0) is 16.6 Å². The highest BCUT2D eigenvalue weighted by Gasteiger charge is 2.50. The van der Waals surface area contributed by atoms with Gasteiger partial charge in [0.25, 0.3) is 0 Å².